The molecular weight excluding hydrogens is 203 g/mol. The van der Waals surface area contributed by atoms with E-state index in [0.29, 0.717) is 0 Å². The Morgan fingerprint density at radius 1 is 1.31 bits per heavy atom. The van der Waals surface area contributed by atoms with Gasteiger partial charge < -0.3 is 10.2 Å². The van der Waals surface area contributed by atoms with E-state index < -0.39 is 0 Å². The van der Waals surface area contributed by atoms with E-state index in [0.717, 1.165) is 25.6 Å². The van der Waals surface area contributed by atoms with Crippen LogP contribution in [-0.2, 0) is 0 Å². The Labute approximate surface area is 99.6 Å². The quantitative estimate of drug-likeness (QED) is 0.676. The number of unbranched alkanes of at least 4 members (excludes halogenated alkanes) is 1. The van der Waals surface area contributed by atoms with Crippen LogP contribution in [0.1, 0.15) is 39.0 Å². The van der Waals surface area contributed by atoms with E-state index in [1.54, 1.807) is 0 Å². The van der Waals surface area contributed by atoms with Gasteiger partial charge in [-0.2, -0.15) is 0 Å². The molecule has 0 aromatic carbocycles. The summed E-state index contributed by atoms with van der Waals surface area (Å²) in [5, 5.41) is 3.39. The predicted molar refractivity (Wildman–Crippen MR) is 67.5 cm³/mol. The van der Waals surface area contributed by atoms with Crippen LogP contribution in [0.2, 0.25) is 0 Å². The third-order valence-corrected chi connectivity index (χ3v) is 3.65. The average Bonchev–Trinajstić information content (AvgIpc) is 2.35. The van der Waals surface area contributed by atoms with Crippen LogP contribution in [0.4, 0.5) is 4.39 Å². The monoisotopic (exact) mass is 230 g/mol. The van der Waals surface area contributed by atoms with E-state index in [1.807, 2.05) is 6.92 Å². The molecule has 0 bridgehead atoms. The molecule has 3 heteroatoms. The van der Waals surface area contributed by atoms with Gasteiger partial charge in [-0.25, -0.2) is 0 Å². The Balaban J connectivity index is 2.03. The van der Waals surface area contributed by atoms with Gasteiger partial charge in [-0.3, -0.25) is 4.39 Å². The molecule has 1 fully saturated rings. The van der Waals surface area contributed by atoms with E-state index in [4.69, 9.17) is 0 Å². The summed E-state index contributed by atoms with van der Waals surface area (Å²) in [4.78, 5) is 2.49. The number of hydrogen-bond donors (Lipinski definition) is 1. The fourth-order valence-corrected chi connectivity index (χ4v) is 2.36. The van der Waals surface area contributed by atoms with Crippen LogP contribution < -0.4 is 5.32 Å². The zero-order valence-corrected chi connectivity index (χ0v) is 10.8. The van der Waals surface area contributed by atoms with Crippen molar-refractivity contribution in [1.82, 2.24) is 10.2 Å². The second-order valence-corrected chi connectivity index (χ2v) is 5.22. The lowest BCUT2D eigenvalue weighted by Gasteiger charge is -2.31. The van der Waals surface area contributed by atoms with Gasteiger partial charge in [-0.1, -0.05) is 13.3 Å². The summed E-state index contributed by atoms with van der Waals surface area (Å²) in [6, 6.07) is 0.764. The topological polar surface area (TPSA) is 15.3 Å². The van der Waals surface area contributed by atoms with Crippen molar-refractivity contribution in [3.8, 4) is 0 Å². The van der Waals surface area contributed by atoms with Crippen molar-refractivity contribution >= 4 is 0 Å². The summed E-state index contributed by atoms with van der Waals surface area (Å²) >= 11 is 0. The fraction of sp³-hybridized carbons (Fsp3) is 1.00. The van der Waals surface area contributed by atoms with Crippen LogP contribution in [0, 0.1) is 5.92 Å². The minimum absolute atomic E-state index is 0.163. The van der Waals surface area contributed by atoms with Crippen molar-refractivity contribution in [2.45, 2.75) is 45.1 Å². The standard InChI is InChI=1S/C13H27FN2/c1-12(11-14)5-3-4-10-16(2)13-6-8-15-9-7-13/h12-13,15H,3-11H2,1-2H3. The first-order chi connectivity index (χ1) is 7.74. The summed E-state index contributed by atoms with van der Waals surface area (Å²) in [5.41, 5.74) is 0. The first-order valence-electron chi connectivity index (χ1n) is 6.71. The highest BCUT2D eigenvalue weighted by atomic mass is 19.1. The van der Waals surface area contributed by atoms with E-state index in [9.17, 15) is 4.39 Å². The second kappa shape index (κ2) is 8.02. The lowest BCUT2D eigenvalue weighted by atomic mass is 10.0. The van der Waals surface area contributed by atoms with E-state index in [2.05, 4.69) is 17.3 Å². The first kappa shape index (κ1) is 13.9. The van der Waals surface area contributed by atoms with Gasteiger partial charge in [0.15, 0.2) is 0 Å². The van der Waals surface area contributed by atoms with E-state index in [-0.39, 0.29) is 12.6 Å². The maximum atomic E-state index is 12.2. The summed E-state index contributed by atoms with van der Waals surface area (Å²) in [6.45, 7) is 5.33. The Morgan fingerprint density at radius 3 is 2.62 bits per heavy atom. The molecule has 1 rings (SSSR count). The van der Waals surface area contributed by atoms with Crippen molar-refractivity contribution in [3.63, 3.8) is 0 Å². The highest BCUT2D eigenvalue weighted by Gasteiger charge is 2.16. The molecule has 0 radical (unpaired) electrons. The molecule has 0 aromatic heterocycles. The molecule has 96 valence electrons. The summed E-state index contributed by atoms with van der Waals surface area (Å²) < 4.78 is 12.2. The van der Waals surface area contributed by atoms with Crippen molar-refractivity contribution in [2.75, 3.05) is 33.4 Å². The molecule has 0 saturated carbocycles. The Bertz CT molecular complexity index is 169. The molecule has 0 aromatic rings. The normalized spacial score (nSPS) is 20.2. The highest BCUT2D eigenvalue weighted by molar-refractivity contribution is 4.75. The van der Waals surface area contributed by atoms with Crippen LogP contribution in [0.3, 0.4) is 0 Å². The SMILES string of the molecule is CC(CF)CCCCN(C)C1CCNCC1. The zero-order valence-electron chi connectivity index (χ0n) is 10.8. The van der Waals surface area contributed by atoms with Crippen LogP contribution in [0.5, 0.6) is 0 Å². The van der Waals surface area contributed by atoms with Crippen LogP contribution in [-0.4, -0.2) is 44.3 Å². The number of hydrogen-bond acceptors (Lipinski definition) is 2. The van der Waals surface area contributed by atoms with Crippen molar-refractivity contribution in [1.29, 1.82) is 0 Å². The van der Waals surface area contributed by atoms with E-state index in [1.165, 1.54) is 32.2 Å². The summed E-state index contributed by atoms with van der Waals surface area (Å²) in [6.07, 6.45) is 5.97. The Hall–Kier alpha value is -0.150. The van der Waals surface area contributed by atoms with Gasteiger partial charge in [-0.15, -0.1) is 0 Å². The minimum Gasteiger partial charge on any atom is -0.317 e. The smallest absolute Gasteiger partial charge is 0.0919 e. The van der Waals surface area contributed by atoms with Crippen LogP contribution >= 0.6 is 0 Å². The fourth-order valence-electron chi connectivity index (χ4n) is 2.36. The number of alkyl halides is 1. The second-order valence-electron chi connectivity index (χ2n) is 5.22. The molecule has 2 nitrogen and oxygen atoms in total. The molecule has 1 saturated heterocycles. The highest BCUT2D eigenvalue weighted by Crippen LogP contribution is 2.12. The number of rotatable bonds is 7. The maximum absolute atomic E-state index is 12.2. The average molecular weight is 230 g/mol. The van der Waals surface area contributed by atoms with Gasteiger partial charge in [0.1, 0.15) is 0 Å². The molecule has 1 aliphatic heterocycles. The molecule has 1 atom stereocenters. The van der Waals surface area contributed by atoms with Crippen molar-refractivity contribution in [3.05, 3.63) is 0 Å². The maximum Gasteiger partial charge on any atom is 0.0919 e. The minimum atomic E-state index is -0.163. The van der Waals surface area contributed by atoms with Gasteiger partial charge in [-0.05, 0) is 58.3 Å². The largest absolute Gasteiger partial charge is 0.317 e. The number of halogens is 1. The molecular formula is C13H27FN2. The lowest BCUT2D eigenvalue weighted by molar-refractivity contribution is 0.194. The third kappa shape index (κ3) is 5.26. The molecule has 1 heterocycles. The molecule has 0 spiro atoms. The molecule has 1 unspecified atom stereocenters. The molecule has 1 aliphatic rings. The molecule has 16 heavy (non-hydrogen) atoms. The van der Waals surface area contributed by atoms with Crippen molar-refractivity contribution < 1.29 is 4.39 Å². The Kier molecular flexibility index (Phi) is 6.97. The summed E-state index contributed by atoms with van der Waals surface area (Å²) in [7, 11) is 2.23. The van der Waals surface area contributed by atoms with Gasteiger partial charge >= 0.3 is 0 Å². The third-order valence-electron chi connectivity index (χ3n) is 3.65. The van der Waals surface area contributed by atoms with Crippen LogP contribution in [0.15, 0.2) is 0 Å². The zero-order chi connectivity index (χ0) is 11.8. The van der Waals surface area contributed by atoms with Crippen LogP contribution in [0.25, 0.3) is 0 Å². The van der Waals surface area contributed by atoms with Gasteiger partial charge in [0.25, 0.3) is 0 Å². The summed E-state index contributed by atoms with van der Waals surface area (Å²) in [5.74, 6) is 0.254. The predicted octanol–water partition coefficient (Wildman–Crippen LogP) is 2.45. The molecule has 0 amide bonds. The lowest BCUT2D eigenvalue weighted by Crippen LogP contribution is -2.41. The molecule has 1 N–H and O–H groups in total. The van der Waals surface area contributed by atoms with E-state index >= 15 is 0 Å². The molecule has 0 aliphatic carbocycles. The number of nitrogens with one attached hydrogen (secondary N) is 1. The van der Waals surface area contributed by atoms with Gasteiger partial charge in [0.2, 0.25) is 0 Å². The number of nitrogens with zero attached hydrogens (tertiary/aromatic N) is 1. The number of piperidine rings is 1. The first-order valence-corrected chi connectivity index (χ1v) is 6.71. The van der Waals surface area contributed by atoms with Crippen molar-refractivity contribution in [2.24, 2.45) is 5.92 Å². The van der Waals surface area contributed by atoms with Gasteiger partial charge in [0, 0.05) is 6.04 Å². The Morgan fingerprint density at radius 2 is 2.00 bits per heavy atom. The van der Waals surface area contributed by atoms with Gasteiger partial charge in [0.05, 0.1) is 6.67 Å².